The van der Waals surface area contributed by atoms with Crippen LogP contribution in [0.25, 0.3) is 0 Å². The molecule has 120 valence electrons. The number of hydrogen-bond donors (Lipinski definition) is 0. The molecule has 0 unspecified atom stereocenters. The van der Waals surface area contributed by atoms with E-state index < -0.39 is 11.6 Å². The number of hydrogen-bond acceptors (Lipinski definition) is 3. The highest BCUT2D eigenvalue weighted by atomic mass is 32.2. The Hall–Kier alpha value is -1.95. The second-order valence-electron chi connectivity index (χ2n) is 5.34. The van der Waals surface area contributed by atoms with Crippen LogP contribution >= 0.6 is 11.8 Å². The quantitative estimate of drug-likeness (QED) is 0.840. The molecule has 0 radical (unpaired) electrons. The van der Waals surface area contributed by atoms with E-state index in [9.17, 15) is 13.6 Å². The molecule has 0 spiro atoms. The van der Waals surface area contributed by atoms with Gasteiger partial charge in [0.1, 0.15) is 11.6 Å². The Labute approximate surface area is 137 Å². The van der Waals surface area contributed by atoms with E-state index in [2.05, 4.69) is 4.98 Å². The van der Waals surface area contributed by atoms with Gasteiger partial charge < -0.3 is 4.90 Å². The monoisotopic (exact) mass is 334 g/mol. The standard InChI is InChI=1S/C17H16F2N2OS/c18-13-1-2-15(19)14(11-13)16-5-8-21(9-10-23-16)17(22)12-3-6-20-7-4-12/h1-4,6-7,11,16H,5,8-10H2/t16-/m0/s1. The summed E-state index contributed by atoms with van der Waals surface area (Å²) in [5.41, 5.74) is 0.980. The number of aromatic nitrogens is 1. The lowest BCUT2D eigenvalue weighted by Crippen LogP contribution is -2.32. The van der Waals surface area contributed by atoms with Crippen LogP contribution < -0.4 is 0 Å². The highest BCUT2D eigenvalue weighted by molar-refractivity contribution is 7.99. The molecule has 1 aliphatic rings. The number of benzene rings is 1. The summed E-state index contributed by atoms with van der Waals surface area (Å²) in [6, 6.07) is 6.91. The Balaban J connectivity index is 1.72. The molecule has 1 aromatic carbocycles. The molecule has 2 heterocycles. The van der Waals surface area contributed by atoms with Gasteiger partial charge in [-0.3, -0.25) is 9.78 Å². The largest absolute Gasteiger partial charge is 0.338 e. The summed E-state index contributed by atoms with van der Waals surface area (Å²) >= 11 is 1.56. The molecule has 1 amide bonds. The number of rotatable bonds is 2. The third-order valence-corrected chi connectivity index (χ3v) is 5.17. The van der Waals surface area contributed by atoms with Crippen LogP contribution in [0.3, 0.4) is 0 Å². The van der Waals surface area contributed by atoms with Crippen molar-refractivity contribution >= 4 is 17.7 Å². The average Bonchev–Trinajstić information content (AvgIpc) is 2.83. The van der Waals surface area contributed by atoms with Crippen LogP contribution in [0.5, 0.6) is 0 Å². The lowest BCUT2D eigenvalue weighted by Gasteiger charge is -2.20. The Morgan fingerprint density at radius 3 is 2.74 bits per heavy atom. The smallest absolute Gasteiger partial charge is 0.253 e. The molecule has 2 aromatic rings. The number of nitrogens with zero attached hydrogens (tertiary/aromatic N) is 2. The van der Waals surface area contributed by atoms with Gasteiger partial charge in [0.25, 0.3) is 5.91 Å². The fourth-order valence-corrected chi connectivity index (χ4v) is 3.90. The highest BCUT2D eigenvalue weighted by Gasteiger charge is 2.24. The topological polar surface area (TPSA) is 33.2 Å². The molecule has 0 bridgehead atoms. The fourth-order valence-electron chi connectivity index (χ4n) is 2.66. The van der Waals surface area contributed by atoms with Crippen molar-refractivity contribution in [3.63, 3.8) is 0 Å². The maximum absolute atomic E-state index is 13.9. The zero-order chi connectivity index (χ0) is 16.2. The zero-order valence-electron chi connectivity index (χ0n) is 12.4. The third-order valence-electron chi connectivity index (χ3n) is 3.86. The number of amides is 1. The normalized spacial score (nSPS) is 18.5. The molecule has 1 atom stereocenters. The number of halogens is 2. The van der Waals surface area contributed by atoms with Crippen LogP contribution in [0.15, 0.2) is 42.7 Å². The van der Waals surface area contributed by atoms with Crippen molar-refractivity contribution in [3.05, 3.63) is 65.5 Å². The minimum atomic E-state index is -0.434. The molecule has 6 heteroatoms. The zero-order valence-corrected chi connectivity index (χ0v) is 13.2. The minimum absolute atomic E-state index is 0.0478. The minimum Gasteiger partial charge on any atom is -0.338 e. The van der Waals surface area contributed by atoms with E-state index in [4.69, 9.17) is 0 Å². The number of carbonyl (C=O) groups excluding carboxylic acids is 1. The number of thioether (sulfide) groups is 1. The molecule has 0 saturated carbocycles. The van der Waals surface area contributed by atoms with Gasteiger partial charge in [-0.25, -0.2) is 8.78 Å². The van der Waals surface area contributed by atoms with Gasteiger partial charge in [0.05, 0.1) is 0 Å². The average molecular weight is 334 g/mol. The van der Waals surface area contributed by atoms with Crippen LogP contribution in [0.4, 0.5) is 8.78 Å². The summed E-state index contributed by atoms with van der Waals surface area (Å²) in [6.45, 7) is 1.12. The molecule has 0 aliphatic carbocycles. The first-order valence-corrected chi connectivity index (χ1v) is 8.46. The van der Waals surface area contributed by atoms with Gasteiger partial charge >= 0.3 is 0 Å². The van der Waals surface area contributed by atoms with Crippen molar-refractivity contribution in [1.82, 2.24) is 9.88 Å². The van der Waals surface area contributed by atoms with Crippen LogP contribution in [0, 0.1) is 11.6 Å². The van der Waals surface area contributed by atoms with Gasteiger partial charge in [-0.1, -0.05) is 0 Å². The highest BCUT2D eigenvalue weighted by Crippen LogP contribution is 2.36. The van der Waals surface area contributed by atoms with E-state index in [1.807, 2.05) is 0 Å². The summed E-state index contributed by atoms with van der Waals surface area (Å²) in [4.78, 5) is 18.1. The second kappa shape index (κ2) is 7.08. The van der Waals surface area contributed by atoms with Crippen molar-refractivity contribution in [2.24, 2.45) is 0 Å². The summed E-state index contributed by atoms with van der Waals surface area (Å²) in [7, 11) is 0. The summed E-state index contributed by atoms with van der Waals surface area (Å²) in [6.07, 6.45) is 3.78. The molecule has 23 heavy (non-hydrogen) atoms. The van der Waals surface area contributed by atoms with Crippen molar-refractivity contribution in [2.75, 3.05) is 18.8 Å². The van der Waals surface area contributed by atoms with Gasteiger partial charge in [0.2, 0.25) is 0 Å². The maximum Gasteiger partial charge on any atom is 0.253 e. The molecular formula is C17H16F2N2OS. The van der Waals surface area contributed by atoms with Crippen molar-refractivity contribution in [1.29, 1.82) is 0 Å². The van der Waals surface area contributed by atoms with E-state index in [0.717, 1.165) is 12.1 Å². The van der Waals surface area contributed by atoms with Gasteiger partial charge in [-0.15, -0.1) is 0 Å². The lowest BCUT2D eigenvalue weighted by atomic mass is 10.1. The van der Waals surface area contributed by atoms with Crippen molar-refractivity contribution < 1.29 is 13.6 Å². The molecule has 3 nitrogen and oxygen atoms in total. The summed E-state index contributed by atoms with van der Waals surface area (Å²) in [5.74, 6) is -0.181. The molecule has 1 fully saturated rings. The fraction of sp³-hybridized carbons (Fsp3) is 0.294. The first kappa shape index (κ1) is 15.9. The molecular weight excluding hydrogens is 318 g/mol. The van der Waals surface area contributed by atoms with Crippen molar-refractivity contribution in [2.45, 2.75) is 11.7 Å². The van der Waals surface area contributed by atoms with Gasteiger partial charge in [-0.2, -0.15) is 11.8 Å². The first-order valence-electron chi connectivity index (χ1n) is 7.41. The second-order valence-corrected chi connectivity index (χ2v) is 6.65. The first-order chi connectivity index (χ1) is 11.1. The van der Waals surface area contributed by atoms with Crippen LogP contribution in [-0.4, -0.2) is 34.6 Å². The van der Waals surface area contributed by atoms with Crippen molar-refractivity contribution in [3.8, 4) is 0 Å². The van der Waals surface area contributed by atoms with Gasteiger partial charge in [0, 0.05) is 47.6 Å². The lowest BCUT2D eigenvalue weighted by molar-refractivity contribution is 0.0766. The Bertz CT molecular complexity index is 696. The van der Waals surface area contributed by atoms with E-state index >= 15 is 0 Å². The predicted octanol–water partition coefficient (Wildman–Crippen LogP) is 3.68. The molecule has 0 N–H and O–H groups in total. The van der Waals surface area contributed by atoms with Gasteiger partial charge in [-0.05, 0) is 36.8 Å². The van der Waals surface area contributed by atoms with Crippen LogP contribution in [0.1, 0.15) is 27.6 Å². The van der Waals surface area contributed by atoms with E-state index in [-0.39, 0.29) is 11.2 Å². The van der Waals surface area contributed by atoms with Crippen LogP contribution in [-0.2, 0) is 0 Å². The maximum atomic E-state index is 13.9. The predicted molar refractivity (Wildman–Crippen MR) is 86.3 cm³/mol. The molecule has 1 saturated heterocycles. The Kier molecular flexibility index (Phi) is 4.91. The third kappa shape index (κ3) is 3.69. The van der Waals surface area contributed by atoms with Gasteiger partial charge in [0.15, 0.2) is 0 Å². The SMILES string of the molecule is O=C(c1ccncc1)N1CCS[C@H](c2cc(F)ccc2F)CC1. The number of pyridine rings is 1. The van der Waals surface area contributed by atoms with Crippen LogP contribution in [0.2, 0.25) is 0 Å². The molecule has 1 aromatic heterocycles. The van der Waals surface area contributed by atoms with E-state index in [1.165, 1.54) is 6.07 Å². The summed E-state index contributed by atoms with van der Waals surface area (Å²) in [5, 5.41) is -0.138. The number of carbonyl (C=O) groups is 1. The molecule has 3 rings (SSSR count). The Morgan fingerprint density at radius 1 is 1.17 bits per heavy atom. The Morgan fingerprint density at radius 2 is 1.96 bits per heavy atom. The van der Waals surface area contributed by atoms with E-state index in [1.54, 1.807) is 41.2 Å². The van der Waals surface area contributed by atoms with E-state index in [0.29, 0.717) is 36.4 Å². The molecule has 1 aliphatic heterocycles. The summed E-state index contributed by atoms with van der Waals surface area (Å²) < 4.78 is 27.3.